The molecule has 0 radical (unpaired) electrons. The van der Waals surface area contributed by atoms with Gasteiger partial charge in [0.2, 0.25) is 0 Å². The van der Waals surface area contributed by atoms with Gasteiger partial charge < -0.3 is 0 Å². The van der Waals surface area contributed by atoms with Crippen LogP contribution in [-0.2, 0) is 9.84 Å². The van der Waals surface area contributed by atoms with E-state index in [2.05, 4.69) is 6.58 Å². The van der Waals surface area contributed by atoms with Crippen molar-refractivity contribution in [3.63, 3.8) is 0 Å². The minimum Gasteiger partial charge on any atom is -0.223 e. The maximum Gasteiger partial charge on any atom is 0.183 e. The summed E-state index contributed by atoms with van der Waals surface area (Å²) in [6.07, 6.45) is 0. The van der Waals surface area contributed by atoms with E-state index in [1.54, 1.807) is 42.5 Å². The molecular weight excluding hydrogens is 315 g/mol. The summed E-state index contributed by atoms with van der Waals surface area (Å²) in [4.78, 5) is 0.116. The van der Waals surface area contributed by atoms with Gasteiger partial charge in [-0.3, -0.25) is 0 Å². The Balaban J connectivity index is 2.30. The van der Waals surface area contributed by atoms with Gasteiger partial charge >= 0.3 is 0 Å². The SMILES string of the molecule is C=C(CS(=O)(=O)c1ccccc1Cl)c1cccc(Cl)c1. The number of halogens is 2. The van der Waals surface area contributed by atoms with E-state index in [0.717, 1.165) is 0 Å². The first-order chi connectivity index (χ1) is 9.40. The highest BCUT2D eigenvalue weighted by atomic mass is 35.5. The summed E-state index contributed by atoms with van der Waals surface area (Å²) in [7, 11) is -3.53. The smallest absolute Gasteiger partial charge is 0.183 e. The van der Waals surface area contributed by atoms with Crippen LogP contribution in [0.15, 0.2) is 60.0 Å². The van der Waals surface area contributed by atoms with Crippen molar-refractivity contribution in [2.45, 2.75) is 4.90 Å². The van der Waals surface area contributed by atoms with Gasteiger partial charge in [-0.15, -0.1) is 0 Å². The maximum absolute atomic E-state index is 12.3. The second-order valence-electron chi connectivity index (χ2n) is 4.30. The molecule has 2 rings (SSSR count). The van der Waals surface area contributed by atoms with Crippen LogP contribution in [0.4, 0.5) is 0 Å². The lowest BCUT2D eigenvalue weighted by Crippen LogP contribution is -2.08. The molecule has 0 bridgehead atoms. The van der Waals surface area contributed by atoms with Crippen LogP contribution in [-0.4, -0.2) is 14.2 Å². The van der Waals surface area contributed by atoms with Crippen molar-refractivity contribution >= 4 is 38.6 Å². The number of benzene rings is 2. The van der Waals surface area contributed by atoms with Crippen molar-refractivity contribution in [1.29, 1.82) is 0 Å². The Morgan fingerprint density at radius 2 is 1.75 bits per heavy atom. The van der Waals surface area contributed by atoms with Gasteiger partial charge in [-0.2, -0.15) is 0 Å². The Kier molecular flexibility index (Phi) is 4.53. The van der Waals surface area contributed by atoms with Gasteiger partial charge in [0.05, 0.1) is 15.7 Å². The van der Waals surface area contributed by atoms with Gasteiger partial charge in [0.15, 0.2) is 9.84 Å². The van der Waals surface area contributed by atoms with Gasteiger partial charge in [-0.25, -0.2) is 8.42 Å². The van der Waals surface area contributed by atoms with Crippen molar-refractivity contribution in [2.24, 2.45) is 0 Å². The van der Waals surface area contributed by atoms with E-state index in [4.69, 9.17) is 23.2 Å². The lowest BCUT2D eigenvalue weighted by Gasteiger charge is -2.09. The van der Waals surface area contributed by atoms with Crippen LogP contribution in [0.2, 0.25) is 10.0 Å². The molecule has 0 amide bonds. The number of hydrogen-bond acceptors (Lipinski definition) is 2. The zero-order chi connectivity index (χ0) is 14.8. The standard InChI is InChI=1S/C15H12Cl2O2S/c1-11(12-5-4-6-13(16)9-12)10-20(18,19)15-8-3-2-7-14(15)17/h2-9H,1,10H2. The van der Waals surface area contributed by atoms with E-state index in [1.807, 2.05) is 0 Å². The summed E-state index contributed by atoms with van der Waals surface area (Å²) in [5.74, 6) is -0.197. The highest BCUT2D eigenvalue weighted by Gasteiger charge is 2.19. The molecule has 0 saturated carbocycles. The monoisotopic (exact) mass is 326 g/mol. The van der Waals surface area contributed by atoms with Crippen LogP contribution in [0.1, 0.15) is 5.56 Å². The van der Waals surface area contributed by atoms with Crippen LogP contribution >= 0.6 is 23.2 Å². The molecular formula is C15H12Cl2O2S. The summed E-state index contributed by atoms with van der Waals surface area (Å²) in [5, 5.41) is 0.755. The highest BCUT2D eigenvalue weighted by Crippen LogP contribution is 2.26. The molecule has 5 heteroatoms. The fraction of sp³-hybridized carbons (Fsp3) is 0.0667. The normalized spacial score (nSPS) is 11.3. The van der Waals surface area contributed by atoms with Crippen molar-refractivity contribution in [3.8, 4) is 0 Å². The van der Waals surface area contributed by atoms with Crippen LogP contribution in [0.25, 0.3) is 5.57 Å². The second kappa shape index (κ2) is 6.00. The fourth-order valence-electron chi connectivity index (χ4n) is 1.80. The van der Waals surface area contributed by atoms with Crippen molar-refractivity contribution in [3.05, 3.63) is 70.7 Å². The molecule has 20 heavy (non-hydrogen) atoms. The molecule has 0 aliphatic rings. The third-order valence-corrected chi connectivity index (χ3v) is 5.20. The molecule has 0 unspecified atom stereocenters. The van der Waals surface area contributed by atoms with Gasteiger partial charge in [-0.1, -0.05) is 54.0 Å². The minimum absolute atomic E-state index is 0.116. The largest absolute Gasteiger partial charge is 0.223 e. The Morgan fingerprint density at radius 1 is 1.05 bits per heavy atom. The van der Waals surface area contributed by atoms with E-state index >= 15 is 0 Å². The quantitative estimate of drug-likeness (QED) is 0.830. The van der Waals surface area contributed by atoms with Crippen molar-refractivity contribution in [2.75, 3.05) is 5.75 Å². The molecule has 0 aliphatic heterocycles. The molecule has 104 valence electrons. The predicted octanol–water partition coefficient (Wildman–Crippen LogP) is 4.48. The molecule has 0 aromatic heterocycles. The van der Waals surface area contributed by atoms with Crippen LogP contribution in [0, 0.1) is 0 Å². The van der Waals surface area contributed by atoms with E-state index in [1.165, 1.54) is 6.07 Å². The Bertz CT molecular complexity index is 752. The first-order valence-corrected chi connectivity index (χ1v) is 8.22. The molecule has 0 heterocycles. The Morgan fingerprint density at radius 3 is 2.40 bits per heavy atom. The number of hydrogen-bond donors (Lipinski definition) is 0. The Labute approximate surface area is 128 Å². The maximum atomic E-state index is 12.3. The molecule has 2 nitrogen and oxygen atoms in total. The average molecular weight is 327 g/mol. The van der Waals surface area contributed by atoms with Crippen LogP contribution < -0.4 is 0 Å². The van der Waals surface area contributed by atoms with E-state index in [-0.39, 0.29) is 15.7 Å². The lowest BCUT2D eigenvalue weighted by atomic mass is 10.1. The predicted molar refractivity (Wildman–Crippen MR) is 84.0 cm³/mol. The molecule has 2 aromatic carbocycles. The second-order valence-corrected chi connectivity index (χ2v) is 7.11. The summed E-state index contributed by atoms with van der Waals surface area (Å²) in [6.45, 7) is 3.83. The summed E-state index contributed by atoms with van der Waals surface area (Å²) in [5.41, 5.74) is 1.18. The summed E-state index contributed by atoms with van der Waals surface area (Å²) >= 11 is 11.8. The van der Waals surface area contributed by atoms with E-state index < -0.39 is 9.84 Å². The molecule has 0 N–H and O–H groups in total. The minimum atomic E-state index is -3.53. The topological polar surface area (TPSA) is 34.1 Å². The van der Waals surface area contributed by atoms with Crippen molar-refractivity contribution < 1.29 is 8.42 Å². The Hall–Kier alpha value is -1.29. The lowest BCUT2D eigenvalue weighted by molar-refractivity contribution is 0.599. The van der Waals surface area contributed by atoms with E-state index in [9.17, 15) is 8.42 Å². The zero-order valence-electron chi connectivity index (χ0n) is 10.5. The van der Waals surface area contributed by atoms with Gasteiger partial charge in [-0.05, 0) is 35.4 Å². The molecule has 0 saturated heterocycles. The van der Waals surface area contributed by atoms with Crippen molar-refractivity contribution in [1.82, 2.24) is 0 Å². The third kappa shape index (κ3) is 3.42. The molecule has 0 spiro atoms. The van der Waals surface area contributed by atoms with Gasteiger partial charge in [0.1, 0.15) is 0 Å². The zero-order valence-corrected chi connectivity index (χ0v) is 12.8. The number of sulfone groups is 1. The van der Waals surface area contributed by atoms with Gasteiger partial charge in [0, 0.05) is 5.02 Å². The molecule has 2 aromatic rings. The fourth-order valence-corrected chi connectivity index (χ4v) is 3.91. The molecule has 0 atom stereocenters. The first kappa shape index (κ1) is 15.1. The van der Waals surface area contributed by atoms with E-state index in [0.29, 0.717) is 16.2 Å². The molecule has 0 aliphatic carbocycles. The number of rotatable bonds is 4. The first-order valence-electron chi connectivity index (χ1n) is 5.81. The molecule has 0 fully saturated rings. The average Bonchev–Trinajstić information content (AvgIpc) is 2.38. The van der Waals surface area contributed by atoms with Gasteiger partial charge in [0.25, 0.3) is 0 Å². The van der Waals surface area contributed by atoms with Crippen LogP contribution in [0.3, 0.4) is 0 Å². The summed E-state index contributed by atoms with van der Waals surface area (Å²) < 4.78 is 24.7. The summed E-state index contributed by atoms with van der Waals surface area (Å²) in [6, 6.07) is 13.3. The third-order valence-electron chi connectivity index (χ3n) is 2.77. The van der Waals surface area contributed by atoms with Crippen LogP contribution in [0.5, 0.6) is 0 Å². The highest BCUT2D eigenvalue weighted by molar-refractivity contribution is 7.92.